The predicted octanol–water partition coefficient (Wildman–Crippen LogP) is 2.25. The molecule has 1 rings (SSSR count). The monoisotopic (exact) mass is 275 g/mol. The van der Waals surface area contributed by atoms with Gasteiger partial charge >= 0.3 is 12.3 Å². The first kappa shape index (κ1) is 14.6. The molecule has 0 atom stereocenters. The van der Waals surface area contributed by atoms with Crippen LogP contribution < -0.4 is 9.47 Å². The van der Waals surface area contributed by atoms with E-state index in [0.717, 1.165) is 26.4 Å². The zero-order valence-electron chi connectivity index (χ0n) is 9.87. The molecule has 1 aromatic rings. The van der Waals surface area contributed by atoms with Gasteiger partial charge in [-0.3, -0.25) is 0 Å². The highest BCUT2D eigenvalue weighted by Gasteiger charge is 2.34. The van der Waals surface area contributed by atoms with E-state index in [1.54, 1.807) is 6.07 Å². The summed E-state index contributed by atoms with van der Waals surface area (Å²) in [5, 5.41) is 8.71. The van der Waals surface area contributed by atoms with Crippen LogP contribution in [0.3, 0.4) is 0 Å². The van der Waals surface area contributed by atoms with E-state index in [1.165, 1.54) is 0 Å². The zero-order valence-corrected chi connectivity index (χ0v) is 9.87. The lowest BCUT2D eigenvalue weighted by Gasteiger charge is -2.15. The van der Waals surface area contributed by atoms with E-state index in [4.69, 9.17) is 10.00 Å². The number of ether oxygens (including phenoxy) is 3. The van der Waals surface area contributed by atoms with Crippen LogP contribution in [0.5, 0.6) is 11.5 Å². The van der Waals surface area contributed by atoms with Gasteiger partial charge in [0.05, 0.1) is 25.9 Å². The lowest BCUT2D eigenvalue weighted by molar-refractivity contribution is -0.274. The second-order valence-corrected chi connectivity index (χ2v) is 3.20. The first-order valence-electron chi connectivity index (χ1n) is 4.78. The van der Waals surface area contributed by atoms with E-state index in [9.17, 15) is 18.0 Å². The Morgan fingerprint density at radius 2 is 1.84 bits per heavy atom. The first-order chi connectivity index (χ1) is 8.82. The summed E-state index contributed by atoms with van der Waals surface area (Å²) in [5.41, 5.74) is -0.690. The maximum atomic E-state index is 12.3. The van der Waals surface area contributed by atoms with Gasteiger partial charge in [0.15, 0.2) is 0 Å². The maximum absolute atomic E-state index is 12.3. The molecule has 0 spiro atoms. The smallest absolute Gasteiger partial charge is 0.496 e. The normalized spacial score (nSPS) is 10.5. The Morgan fingerprint density at radius 1 is 1.26 bits per heavy atom. The third kappa shape index (κ3) is 3.51. The predicted molar refractivity (Wildman–Crippen MR) is 55.7 cm³/mol. The Hall–Kier alpha value is -2.43. The number of methoxy groups -OCH3 is 2. The molecule has 0 fully saturated rings. The maximum Gasteiger partial charge on any atom is 0.573 e. The van der Waals surface area contributed by atoms with Crippen molar-refractivity contribution in [2.45, 2.75) is 6.36 Å². The van der Waals surface area contributed by atoms with Crippen LogP contribution in [0.1, 0.15) is 15.9 Å². The molecular formula is C11H8F3NO4. The number of halogens is 3. The molecule has 0 radical (unpaired) electrons. The largest absolute Gasteiger partial charge is 0.573 e. The van der Waals surface area contributed by atoms with Gasteiger partial charge in [-0.1, -0.05) is 0 Å². The summed E-state index contributed by atoms with van der Waals surface area (Å²) in [5.74, 6) is -2.17. The number of hydrogen-bond donors (Lipinski definition) is 0. The van der Waals surface area contributed by atoms with Crippen LogP contribution in [-0.2, 0) is 4.74 Å². The molecule has 0 aromatic heterocycles. The molecular weight excluding hydrogens is 267 g/mol. The van der Waals surface area contributed by atoms with Gasteiger partial charge in [-0.25, -0.2) is 4.79 Å². The highest BCUT2D eigenvalue weighted by molar-refractivity contribution is 5.96. The number of esters is 1. The summed E-state index contributed by atoms with van der Waals surface area (Å²) in [6.45, 7) is 0. The van der Waals surface area contributed by atoms with Crippen molar-refractivity contribution in [2.75, 3.05) is 14.2 Å². The number of nitriles is 1. The van der Waals surface area contributed by atoms with Crippen molar-refractivity contribution in [2.24, 2.45) is 0 Å². The SMILES string of the molecule is COC(=O)c1c(OC)cc(C#N)cc1OC(F)(F)F. The molecule has 0 N–H and O–H groups in total. The van der Waals surface area contributed by atoms with Crippen LogP contribution in [-0.4, -0.2) is 26.6 Å². The number of rotatable bonds is 3. The van der Waals surface area contributed by atoms with Gasteiger partial charge in [-0.15, -0.1) is 13.2 Å². The Kier molecular flexibility index (Phi) is 4.22. The van der Waals surface area contributed by atoms with Crippen molar-refractivity contribution < 1.29 is 32.2 Å². The molecule has 0 aliphatic rings. The minimum atomic E-state index is -5.01. The molecule has 0 aliphatic carbocycles. The van der Waals surface area contributed by atoms with Gasteiger partial charge < -0.3 is 14.2 Å². The lowest BCUT2D eigenvalue weighted by Crippen LogP contribution is -2.20. The Labute approximate surface area is 106 Å². The third-order valence-electron chi connectivity index (χ3n) is 2.03. The molecule has 19 heavy (non-hydrogen) atoms. The molecule has 5 nitrogen and oxygen atoms in total. The van der Waals surface area contributed by atoms with Gasteiger partial charge in [-0.2, -0.15) is 5.26 Å². The second-order valence-electron chi connectivity index (χ2n) is 3.20. The number of carbonyl (C=O) groups excluding carboxylic acids is 1. The minimum absolute atomic E-state index is 0.149. The van der Waals surface area contributed by atoms with E-state index in [0.29, 0.717) is 0 Å². The molecule has 0 amide bonds. The summed E-state index contributed by atoms with van der Waals surface area (Å²) in [7, 11) is 2.14. The molecule has 0 saturated carbocycles. The van der Waals surface area contributed by atoms with E-state index in [2.05, 4.69) is 9.47 Å². The molecule has 8 heteroatoms. The minimum Gasteiger partial charge on any atom is -0.496 e. The van der Waals surface area contributed by atoms with Crippen molar-refractivity contribution in [1.82, 2.24) is 0 Å². The molecule has 0 saturated heterocycles. The fourth-order valence-electron chi connectivity index (χ4n) is 1.32. The Bertz CT molecular complexity index is 534. The van der Waals surface area contributed by atoms with Gasteiger partial charge in [-0.05, 0) is 12.1 Å². The van der Waals surface area contributed by atoms with Crippen molar-refractivity contribution in [3.05, 3.63) is 23.3 Å². The Balaban J connectivity index is 3.47. The van der Waals surface area contributed by atoms with Gasteiger partial charge in [0.1, 0.15) is 17.1 Å². The average Bonchev–Trinajstić information content (AvgIpc) is 2.34. The third-order valence-corrected chi connectivity index (χ3v) is 2.03. The van der Waals surface area contributed by atoms with Gasteiger partial charge in [0, 0.05) is 0 Å². The highest BCUT2D eigenvalue weighted by Crippen LogP contribution is 2.34. The summed E-state index contributed by atoms with van der Waals surface area (Å²) in [6.07, 6.45) is -5.01. The van der Waals surface area contributed by atoms with Crippen LogP contribution in [0.15, 0.2) is 12.1 Å². The number of nitrogens with zero attached hydrogens (tertiary/aromatic N) is 1. The van der Waals surface area contributed by atoms with E-state index in [1.807, 2.05) is 0 Å². The average molecular weight is 275 g/mol. The van der Waals surface area contributed by atoms with Crippen LogP contribution >= 0.6 is 0 Å². The zero-order chi connectivity index (χ0) is 14.6. The van der Waals surface area contributed by atoms with E-state index in [-0.39, 0.29) is 11.3 Å². The fraction of sp³-hybridized carbons (Fsp3) is 0.273. The van der Waals surface area contributed by atoms with Crippen LogP contribution in [0, 0.1) is 11.3 Å². The van der Waals surface area contributed by atoms with Gasteiger partial charge in [0.2, 0.25) is 0 Å². The first-order valence-corrected chi connectivity index (χ1v) is 4.78. The van der Waals surface area contributed by atoms with E-state index < -0.39 is 23.6 Å². The number of hydrogen-bond acceptors (Lipinski definition) is 5. The quantitative estimate of drug-likeness (QED) is 0.791. The second kappa shape index (κ2) is 5.48. The standard InChI is InChI=1S/C11H8F3NO4/c1-17-7-3-6(5-15)4-8(19-11(12,13)14)9(7)10(16)18-2/h3-4H,1-2H3. The fourth-order valence-corrected chi connectivity index (χ4v) is 1.32. The van der Waals surface area contributed by atoms with Crippen molar-refractivity contribution in [3.8, 4) is 17.6 Å². The number of alkyl halides is 3. The molecule has 0 bridgehead atoms. The van der Waals surface area contributed by atoms with Crippen LogP contribution in [0.25, 0.3) is 0 Å². The van der Waals surface area contributed by atoms with Crippen molar-refractivity contribution in [3.63, 3.8) is 0 Å². The summed E-state index contributed by atoms with van der Waals surface area (Å²) < 4.78 is 49.6. The van der Waals surface area contributed by atoms with Crippen LogP contribution in [0.4, 0.5) is 13.2 Å². The topological polar surface area (TPSA) is 68.5 Å². The molecule has 0 heterocycles. The molecule has 0 aliphatic heterocycles. The number of carbonyl (C=O) groups is 1. The summed E-state index contributed by atoms with van der Waals surface area (Å²) >= 11 is 0. The lowest BCUT2D eigenvalue weighted by atomic mass is 10.1. The number of benzene rings is 1. The van der Waals surface area contributed by atoms with Crippen molar-refractivity contribution in [1.29, 1.82) is 5.26 Å². The summed E-state index contributed by atoms with van der Waals surface area (Å²) in [4.78, 5) is 11.5. The molecule has 1 aromatic carbocycles. The molecule has 102 valence electrons. The van der Waals surface area contributed by atoms with Gasteiger partial charge in [0.25, 0.3) is 0 Å². The summed E-state index contributed by atoms with van der Waals surface area (Å²) in [6, 6.07) is 3.52. The van der Waals surface area contributed by atoms with Crippen LogP contribution in [0.2, 0.25) is 0 Å². The highest BCUT2D eigenvalue weighted by atomic mass is 19.4. The Morgan fingerprint density at radius 3 is 2.26 bits per heavy atom. The van der Waals surface area contributed by atoms with E-state index >= 15 is 0 Å². The molecule has 0 unspecified atom stereocenters. The van der Waals surface area contributed by atoms with Crippen molar-refractivity contribution >= 4 is 5.97 Å².